The smallest absolute Gasteiger partial charge is 0.271 e. The van der Waals surface area contributed by atoms with Gasteiger partial charge in [-0.1, -0.05) is 13.3 Å². The SMILES string of the molecule is CCCCOCCCNC(=O)c1cc(-c2ccco2)[nH]n1. The fourth-order valence-corrected chi connectivity index (χ4v) is 1.81. The number of carbonyl (C=O) groups excluding carboxylic acids is 1. The maximum Gasteiger partial charge on any atom is 0.271 e. The first-order chi connectivity index (χ1) is 10.3. The van der Waals surface area contributed by atoms with Crippen molar-refractivity contribution in [2.75, 3.05) is 19.8 Å². The minimum Gasteiger partial charge on any atom is -0.463 e. The summed E-state index contributed by atoms with van der Waals surface area (Å²) in [5.74, 6) is 0.462. The van der Waals surface area contributed by atoms with Crippen molar-refractivity contribution in [2.24, 2.45) is 0 Å². The van der Waals surface area contributed by atoms with Crippen molar-refractivity contribution in [1.29, 1.82) is 0 Å². The molecule has 114 valence electrons. The molecule has 0 aliphatic carbocycles. The van der Waals surface area contributed by atoms with Gasteiger partial charge in [0.2, 0.25) is 0 Å². The number of aromatic amines is 1. The van der Waals surface area contributed by atoms with E-state index in [1.165, 1.54) is 0 Å². The molecule has 0 aromatic carbocycles. The van der Waals surface area contributed by atoms with E-state index in [2.05, 4.69) is 22.4 Å². The summed E-state index contributed by atoms with van der Waals surface area (Å²) in [6.45, 7) is 4.16. The Balaban J connectivity index is 1.69. The lowest BCUT2D eigenvalue weighted by atomic mass is 10.3. The van der Waals surface area contributed by atoms with E-state index in [1.54, 1.807) is 18.4 Å². The summed E-state index contributed by atoms with van der Waals surface area (Å²) in [5.41, 5.74) is 1.04. The molecule has 21 heavy (non-hydrogen) atoms. The van der Waals surface area contributed by atoms with Crippen LogP contribution in [-0.2, 0) is 4.74 Å². The number of carbonyl (C=O) groups is 1. The fraction of sp³-hybridized carbons (Fsp3) is 0.467. The van der Waals surface area contributed by atoms with Crippen LogP contribution in [0.3, 0.4) is 0 Å². The molecule has 1 amide bonds. The molecule has 0 bridgehead atoms. The van der Waals surface area contributed by atoms with Gasteiger partial charge in [0, 0.05) is 25.8 Å². The van der Waals surface area contributed by atoms with Gasteiger partial charge in [0.05, 0.1) is 6.26 Å². The number of unbranched alkanes of at least 4 members (excludes halogenated alkanes) is 1. The number of hydrogen-bond donors (Lipinski definition) is 2. The van der Waals surface area contributed by atoms with Crippen molar-refractivity contribution in [3.63, 3.8) is 0 Å². The van der Waals surface area contributed by atoms with Gasteiger partial charge in [-0.3, -0.25) is 9.89 Å². The zero-order valence-corrected chi connectivity index (χ0v) is 12.2. The molecule has 0 saturated heterocycles. The van der Waals surface area contributed by atoms with Gasteiger partial charge in [-0.25, -0.2) is 0 Å². The Morgan fingerprint density at radius 3 is 3.05 bits per heavy atom. The first-order valence-corrected chi connectivity index (χ1v) is 7.26. The van der Waals surface area contributed by atoms with E-state index in [0.29, 0.717) is 30.3 Å². The Morgan fingerprint density at radius 1 is 1.43 bits per heavy atom. The van der Waals surface area contributed by atoms with Crippen molar-refractivity contribution < 1.29 is 13.9 Å². The average Bonchev–Trinajstić information content (AvgIpc) is 3.16. The molecule has 2 aromatic heterocycles. The molecular formula is C15H21N3O3. The van der Waals surface area contributed by atoms with E-state index in [9.17, 15) is 4.79 Å². The van der Waals surface area contributed by atoms with Crippen LogP contribution >= 0.6 is 0 Å². The molecule has 2 aromatic rings. The van der Waals surface area contributed by atoms with Crippen LogP contribution in [0.1, 0.15) is 36.7 Å². The van der Waals surface area contributed by atoms with Gasteiger partial charge in [0.15, 0.2) is 11.5 Å². The molecule has 2 heterocycles. The van der Waals surface area contributed by atoms with Crippen molar-refractivity contribution in [3.8, 4) is 11.5 Å². The summed E-state index contributed by atoms with van der Waals surface area (Å²) < 4.78 is 10.7. The lowest BCUT2D eigenvalue weighted by Gasteiger charge is -2.04. The largest absolute Gasteiger partial charge is 0.463 e. The van der Waals surface area contributed by atoms with Crippen LogP contribution in [0.25, 0.3) is 11.5 Å². The number of nitrogens with one attached hydrogen (secondary N) is 2. The zero-order valence-electron chi connectivity index (χ0n) is 12.2. The van der Waals surface area contributed by atoms with Crippen molar-refractivity contribution >= 4 is 5.91 Å². The first-order valence-electron chi connectivity index (χ1n) is 7.26. The van der Waals surface area contributed by atoms with Crippen LogP contribution in [0.2, 0.25) is 0 Å². The van der Waals surface area contributed by atoms with Gasteiger partial charge >= 0.3 is 0 Å². The second-order valence-electron chi connectivity index (χ2n) is 4.72. The van der Waals surface area contributed by atoms with E-state index in [4.69, 9.17) is 9.15 Å². The minimum absolute atomic E-state index is 0.197. The van der Waals surface area contributed by atoms with Crippen molar-refractivity contribution in [1.82, 2.24) is 15.5 Å². The number of hydrogen-bond acceptors (Lipinski definition) is 4. The highest BCUT2D eigenvalue weighted by Crippen LogP contribution is 2.17. The van der Waals surface area contributed by atoms with Gasteiger partial charge in [-0.2, -0.15) is 5.10 Å². The number of nitrogens with zero attached hydrogens (tertiary/aromatic N) is 1. The van der Waals surface area contributed by atoms with Gasteiger partial charge in [-0.15, -0.1) is 0 Å². The topological polar surface area (TPSA) is 80.1 Å². The molecule has 0 fully saturated rings. The van der Waals surface area contributed by atoms with E-state index >= 15 is 0 Å². The highest BCUT2D eigenvalue weighted by atomic mass is 16.5. The predicted molar refractivity (Wildman–Crippen MR) is 79.0 cm³/mol. The highest BCUT2D eigenvalue weighted by Gasteiger charge is 2.11. The van der Waals surface area contributed by atoms with Crippen LogP contribution in [0, 0.1) is 0 Å². The average molecular weight is 291 g/mol. The van der Waals surface area contributed by atoms with Gasteiger partial charge in [-0.05, 0) is 25.0 Å². The second-order valence-corrected chi connectivity index (χ2v) is 4.72. The van der Waals surface area contributed by atoms with E-state index in [0.717, 1.165) is 25.9 Å². The highest BCUT2D eigenvalue weighted by molar-refractivity contribution is 5.93. The maximum atomic E-state index is 11.9. The van der Waals surface area contributed by atoms with Crippen molar-refractivity contribution in [2.45, 2.75) is 26.2 Å². The molecule has 2 rings (SSSR count). The molecule has 0 radical (unpaired) electrons. The monoisotopic (exact) mass is 291 g/mol. The Morgan fingerprint density at radius 2 is 2.29 bits per heavy atom. The third kappa shape index (κ3) is 4.75. The standard InChI is InChI=1S/C15H21N3O3/c1-2-3-8-20-9-5-7-16-15(19)13-11-12(17-18-13)14-6-4-10-21-14/h4,6,10-11H,2-3,5,7-9H2,1H3,(H,16,19)(H,17,18). The van der Waals surface area contributed by atoms with Gasteiger partial charge in [0.25, 0.3) is 5.91 Å². The summed E-state index contributed by atoms with van der Waals surface area (Å²) in [7, 11) is 0. The zero-order chi connectivity index (χ0) is 14.9. The Kier molecular flexibility index (Phi) is 6.02. The van der Waals surface area contributed by atoms with E-state index in [-0.39, 0.29) is 5.91 Å². The molecule has 0 atom stereocenters. The van der Waals surface area contributed by atoms with Gasteiger partial charge in [0.1, 0.15) is 5.69 Å². The quantitative estimate of drug-likeness (QED) is 0.696. The minimum atomic E-state index is -0.197. The number of aromatic nitrogens is 2. The Hall–Kier alpha value is -2.08. The summed E-state index contributed by atoms with van der Waals surface area (Å²) in [6.07, 6.45) is 4.59. The summed E-state index contributed by atoms with van der Waals surface area (Å²) in [5, 5.41) is 9.58. The molecule has 0 aliphatic rings. The Bertz CT molecular complexity index is 534. The van der Waals surface area contributed by atoms with Gasteiger partial charge < -0.3 is 14.5 Å². The van der Waals surface area contributed by atoms with Crippen LogP contribution in [0.15, 0.2) is 28.9 Å². The van der Waals surface area contributed by atoms with Crippen LogP contribution in [0.5, 0.6) is 0 Å². The maximum absolute atomic E-state index is 11.9. The number of H-pyrrole nitrogens is 1. The summed E-state index contributed by atoms with van der Waals surface area (Å²) in [4.78, 5) is 11.9. The number of furan rings is 1. The molecule has 2 N–H and O–H groups in total. The molecule has 0 saturated carbocycles. The van der Waals surface area contributed by atoms with Crippen LogP contribution < -0.4 is 5.32 Å². The fourth-order valence-electron chi connectivity index (χ4n) is 1.81. The molecule has 0 spiro atoms. The Labute approximate surface area is 123 Å². The third-order valence-electron chi connectivity index (χ3n) is 2.99. The second kappa shape index (κ2) is 8.26. The van der Waals surface area contributed by atoms with Crippen LogP contribution in [-0.4, -0.2) is 35.9 Å². The molecule has 0 unspecified atom stereocenters. The first kappa shape index (κ1) is 15.3. The molecule has 0 aliphatic heterocycles. The van der Waals surface area contributed by atoms with Crippen molar-refractivity contribution in [3.05, 3.63) is 30.2 Å². The summed E-state index contributed by atoms with van der Waals surface area (Å²) in [6, 6.07) is 5.27. The molecular weight excluding hydrogens is 270 g/mol. The third-order valence-corrected chi connectivity index (χ3v) is 2.99. The van der Waals surface area contributed by atoms with E-state index < -0.39 is 0 Å². The normalized spacial score (nSPS) is 10.7. The van der Waals surface area contributed by atoms with E-state index in [1.807, 2.05) is 6.07 Å². The molecule has 6 nitrogen and oxygen atoms in total. The number of rotatable bonds is 9. The number of ether oxygens (including phenoxy) is 1. The molecule has 6 heteroatoms. The number of amides is 1. The van der Waals surface area contributed by atoms with Crippen LogP contribution in [0.4, 0.5) is 0 Å². The predicted octanol–water partition coefficient (Wildman–Crippen LogP) is 2.61. The lowest BCUT2D eigenvalue weighted by molar-refractivity contribution is 0.0935. The summed E-state index contributed by atoms with van der Waals surface area (Å²) >= 11 is 0. The lowest BCUT2D eigenvalue weighted by Crippen LogP contribution is -2.25.